The number of ether oxygens (including phenoxy) is 1. The Kier molecular flexibility index (Phi) is 6.99. The molecule has 1 aliphatic rings. The molecule has 0 unspecified atom stereocenters. The summed E-state index contributed by atoms with van der Waals surface area (Å²) >= 11 is 7.96. The lowest BCUT2D eigenvalue weighted by molar-refractivity contribution is 0.407. The van der Waals surface area contributed by atoms with E-state index in [0.29, 0.717) is 19.0 Å². The number of aromatic nitrogens is 2. The Balaban J connectivity index is 1.27. The quantitative estimate of drug-likeness (QED) is 0.373. The van der Waals surface area contributed by atoms with E-state index in [1.807, 2.05) is 36.4 Å². The normalized spacial score (nSPS) is 15.4. The van der Waals surface area contributed by atoms with Crippen molar-refractivity contribution in [2.24, 2.45) is 0 Å². The third-order valence-electron chi connectivity index (χ3n) is 6.64. The number of hydrogen-bond acceptors (Lipinski definition) is 5. The summed E-state index contributed by atoms with van der Waals surface area (Å²) in [5.41, 5.74) is 3.53. The second kappa shape index (κ2) is 10.3. The largest absolute Gasteiger partial charge is 0.496 e. The van der Waals surface area contributed by atoms with Crippen LogP contribution in [-0.2, 0) is 32.2 Å². The molecule has 5 rings (SSSR count). The highest BCUT2D eigenvalue weighted by molar-refractivity contribution is 7.18. The van der Waals surface area contributed by atoms with E-state index in [9.17, 15) is 4.79 Å². The molecule has 2 heterocycles. The van der Waals surface area contributed by atoms with Crippen LogP contribution in [0, 0.1) is 0 Å². The Morgan fingerprint density at radius 2 is 1.94 bits per heavy atom. The molecule has 0 spiro atoms. The van der Waals surface area contributed by atoms with Gasteiger partial charge in [0, 0.05) is 22.5 Å². The van der Waals surface area contributed by atoms with Gasteiger partial charge in [-0.15, -0.1) is 11.3 Å². The number of fused-ring (bicyclic) bond motifs is 3. The molecule has 0 saturated heterocycles. The van der Waals surface area contributed by atoms with Crippen molar-refractivity contribution >= 4 is 33.2 Å². The van der Waals surface area contributed by atoms with Gasteiger partial charge < -0.3 is 10.1 Å². The van der Waals surface area contributed by atoms with E-state index >= 15 is 0 Å². The minimum absolute atomic E-state index is 0.0668. The van der Waals surface area contributed by atoms with Crippen molar-refractivity contribution in [3.63, 3.8) is 0 Å². The molecule has 1 N–H and O–H groups in total. The first kappa shape index (κ1) is 23.1. The second-order valence-corrected chi connectivity index (χ2v) is 10.2. The van der Waals surface area contributed by atoms with Crippen molar-refractivity contribution < 1.29 is 4.74 Å². The molecule has 0 bridgehead atoms. The summed E-state index contributed by atoms with van der Waals surface area (Å²) in [4.78, 5) is 20.1. The predicted molar refractivity (Wildman–Crippen MR) is 140 cm³/mol. The van der Waals surface area contributed by atoms with Gasteiger partial charge in [-0.1, -0.05) is 48.0 Å². The van der Waals surface area contributed by atoms with Crippen molar-refractivity contribution in [1.29, 1.82) is 0 Å². The van der Waals surface area contributed by atoms with Crippen LogP contribution >= 0.6 is 22.9 Å². The first-order valence-electron chi connectivity index (χ1n) is 11.7. The van der Waals surface area contributed by atoms with E-state index in [0.717, 1.165) is 58.8 Å². The molecule has 0 fully saturated rings. The average molecular weight is 494 g/mol. The zero-order valence-electron chi connectivity index (χ0n) is 19.2. The van der Waals surface area contributed by atoms with Gasteiger partial charge in [0.05, 0.1) is 18.8 Å². The number of nitrogens with zero attached hydrogens (tertiary/aromatic N) is 2. The fourth-order valence-corrected chi connectivity index (χ4v) is 6.29. The van der Waals surface area contributed by atoms with Crippen molar-refractivity contribution in [1.82, 2.24) is 14.9 Å². The molecule has 0 saturated carbocycles. The molecule has 7 heteroatoms. The number of benzene rings is 2. The zero-order valence-corrected chi connectivity index (χ0v) is 20.8. The maximum Gasteiger partial charge on any atom is 0.262 e. The van der Waals surface area contributed by atoms with E-state index in [-0.39, 0.29) is 5.56 Å². The number of rotatable bonds is 8. The van der Waals surface area contributed by atoms with E-state index in [1.165, 1.54) is 16.0 Å². The summed E-state index contributed by atoms with van der Waals surface area (Å²) in [6.45, 7) is 1.47. The molecular formula is C27H28ClN3O2S. The molecule has 4 aromatic rings. The highest BCUT2D eigenvalue weighted by atomic mass is 35.5. The Labute approximate surface area is 208 Å². The van der Waals surface area contributed by atoms with Crippen LogP contribution in [0.25, 0.3) is 10.2 Å². The summed E-state index contributed by atoms with van der Waals surface area (Å²) in [7, 11) is 1.72. The lowest BCUT2D eigenvalue weighted by Gasteiger charge is -2.23. The molecule has 2 aromatic heterocycles. The number of nitrogens with one attached hydrogen (secondary N) is 1. The first-order chi connectivity index (χ1) is 16.6. The fourth-order valence-electron chi connectivity index (χ4n) is 4.80. The number of halogens is 1. The van der Waals surface area contributed by atoms with Gasteiger partial charge in [-0.05, 0) is 67.5 Å². The minimum atomic E-state index is 0.0668. The van der Waals surface area contributed by atoms with Gasteiger partial charge in [-0.3, -0.25) is 9.36 Å². The van der Waals surface area contributed by atoms with E-state index in [2.05, 4.69) is 22.4 Å². The lowest BCUT2D eigenvalue weighted by atomic mass is 9.93. The van der Waals surface area contributed by atoms with E-state index in [1.54, 1.807) is 29.3 Å². The standard InChI is InChI=1S/C27H28ClN3O2S/c1-33-23-9-5-3-7-19(23)12-14-29-20-10-11-21-24(16-20)34-26-25(21)27(32)31(17-30-26)15-13-18-6-2-4-8-22(18)28/h2-9,17,20,29H,10-16H2,1H3/t20-/m0/s1. The minimum Gasteiger partial charge on any atom is -0.496 e. The van der Waals surface area contributed by atoms with Gasteiger partial charge in [0.15, 0.2) is 0 Å². The summed E-state index contributed by atoms with van der Waals surface area (Å²) in [6.07, 6.45) is 6.20. The molecule has 2 aromatic carbocycles. The smallest absolute Gasteiger partial charge is 0.262 e. The second-order valence-electron chi connectivity index (χ2n) is 8.72. The highest BCUT2D eigenvalue weighted by Crippen LogP contribution is 2.33. The summed E-state index contributed by atoms with van der Waals surface area (Å²) in [5, 5.41) is 5.26. The third kappa shape index (κ3) is 4.76. The first-order valence-corrected chi connectivity index (χ1v) is 12.9. The zero-order chi connectivity index (χ0) is 23.5. The van der Waals surface area contributed by atoms with Crippen LogP contribution in [0.3, 0.4) is 0 Å². The molecule has 1 aliphatic carbocycles. The molecular weight excluding hydrogens is 466 g/mol. The summed E-state index contributed by atoms with van der Waals surface area (Å²) < 4.78 is 7.20. The maximum atomic E-state index is 13.3. The topological polar surface area (TPSA) is 56.1 Å². The van der Waals surface area contributed by atoms with E-state index < -0.39 is 0 Å². The summed E-state index contributed by atoms with van der Waals surface area (Å²) in [5.74, 6) is 0.941. The lowest BCUT2D eigenvalue weighted by Crippen LogP contribution is -2.35. The molecule has 5 nitrogen and oxygen atoms in total. The van der Waals surface area contributed by atoms with Crippen molar-refractivity contribution in [3.05, 3.63) is 91.8 Å². The number of methoxy groups -OCH3 is 1. The van der Waals surface area contributed by atoms with Gasteiger partial charge in [0.1, 0.15) is 10.6 Å². The van der Waals surface area contributed by atoms with Crippen molar-refractivity contribution in [3.8, 4) is 5.75 Å². The molecule has 0 radical (unpaired) electrons. The Hall–Kier alpha value is -2.67. The molecule has 0 aliphatic heterocycles. The Morgan fingerprint density at radius 1 is 1.15 bits per heavy atom. The van der Waals surface area contributed by atoms with Crippen molar-refractivity contribution in [2.45, 2.75) is 44.7 Å². The average Bonchev–Trinajstić information content (AvgIpc) is 3.23. The number of hydrogen-bond donors (Lipinski definition) is 1. The monoisotopic (exact) mass is 493 g/mol. The highest BCUT2D eigenvalue weighted by Gasteiger charge is 2.25. The van der Waals surface area contributed by atoms with Crippen LogP contribution < -0.4 is 15.6 Å². The molecule has 176 valence electrons. The van der Waals surface area contributed by atoms with Crippen LogP contribution in [0.1, 0.15) is 28.0 Å². The van der Waals surface area contributed by atoms with Gasteiger partial charge in [0.2, 0.25) is 0 Å². The fraction of sp³-hybridized carbons (Fsp3) is 0.333. The number of aryl methyl sites for hydroxylation is 3. The van der Waals surface area contributed by atoms with Crippen LogP contribution in [0.5, 0.6) is 5.75 Å². The van der Waals surface area contributed by atoms with E-state index in [4.69, 9.17) is 16.3 Å². The van der Waals surface area contributed by atoms with Crippen LogP contribution in [0.2, 0.25) is 5.02 Å². The summed E-state index contributed by atoms with van der Waals surface area (Å²) in [6, 6.07) is 16.4. The van der Waals surface area contributed by atoms with Crippen LogP contribution in [-0.4, -0.2) is 29.2 Å². The number of thiophene rings is 1. The predicted octanol–water partition coefficient (Wildman–Crippen LogP) is 5.05. The van der Waals surface area contributed by atoms with Crippen LogP contribution in [0.4, 0.5) is 0 Å². The molecule has 0 amide bonds. The number of para-hydroxylation sites is 1. The Morgan fingerprint density at radius 3 is 2.76 bits per heavy atom. The Bertz CT molecular complexity index is 1360. The van der Waals surface area contributed by atoms with Gasteiger partial charge in [0.25, 0.3) is 5.56 Å². The van der Waals surface area contributed by atoms with Crippen molar-refractivity contribution in [2.75, 3.05) is 13.7 Å². The van der Waals surface area contributed by atoms with Gasteiger partial charge in [-0.2, -0.15) is 0 Å². The third-order valence-corrected chi connectivity index (χ3v) is 8.17. The van der Waals surface area contributed by atoms with Gasteiger partial charge in [-0.25, -0.2) is 4.98 Å². The molecule has 34 heavy (non-hydrogen) atoms. The molecule has 1 atom stereocenters. The van der Waals surface area contributed by atoms with Gasteiger partial charge >= 0.3 is 0 Å². The SMILES string of the molecule is COc1ccccc1CCN[C@H]1CCc2c(sc3ncn(CCc4ccccc4Cl)c(=O)c23)C1. The maximum absolute atomic E-state index is 13.3. The van der Waals surface area contributed by atoms with Crippen LogP contribution in [0.15, 0.2) is 59.7 Å².